The Balaban J connectivity index is 1.50. The van der Waals surface area contributed by atoms with Crippen molar-refractivity contribution in [2.45, 2.75) is 43.4 Å². The van der Waals surface area contributed by atoms with Crippen LogP contribution in [0.3, 0.4) is 0 Å². The number of aliphatic hydroxyl groups excluding tert-OH is 1. The number of carbonyl (C=O) groups excluding carboxylic acids is 1. The number of hydrogen-bond acceptors (Lipinski definition) is 4. The summed E-state index contributed by atoms with van der Waals surface area (Å²) < 4.78 is 32.9. The molecule has 7 heteroatoms. The summed E-state index contributed by atoms with van der Waals surface area (Å²) in [6.07, 6.45) is 6.99. The van der Waals surface area contributed by atoms with Crippen LogP contribution in [-0.2, 0) is 23.1 Å². The smallest absolute Gasteiger partial charge is 0.251 e. The number of amides is 1. The van der Waals surface area contributed by atoms with Gasteiger partial charge in [-0.2, -0.15) is 0 Å². The Bertz CT molecular complexity index is 1300. The monoisotopic (exact) mass is 518 g/mol. The Labute approximate surface area is 222 Å². The van der Waals surface area contributed by atoms with Crippen molar-refractivity contribution in [2.24, 2.45) is 0 Å². The molecule has 1 amide bonds. The SMILES string of the molecule is C#Cc1cccc(C2(NC[C@@H](O)[C@H](Cc3cc(F)cc(F)c3)NC(=O)c3cccc(CCOC)c3)CC2)c1. The zero-order valence-corrected chi connectivity index (χ0v) is 21.3. The average molecular weight is 519 g/mol. The fourth-order valence-corrected chi connectivity index (χ4v) is 4.65. The summed E-state index contributed by atoms with van der Waals surface area (Å²) in [5, 5.41) is 17.5. The molecular formula is C31H32F2N2O3. The van der Waals surface area contributed by atoms with E-state index in [1.807, 2.05) is 30.3 Å². The second-order valence-electron chi connectivity index (χ2n) is 9.76. The van der Waals surface area contributed by atoms with E-state index in [2.05, 4.69) is 16.6 Å². The zero-order valence-electron chi connectivity index (χ0n) is 21.3. The number of aliphatic hydroxyl groups is 1. The first-order valence-electron chi connectivity index (χ1n) is 12.7. The van der Waals surface area contributed by atoms with Crippen LogP contribution in [0.15, 0.2) is 66.7 Å². The minimum Gasteiger partial charge on any atom is -0.390 e. The van der Waals surface area contributed by atoms with Gasteiger partial charge >= 0.3 is 0 Å². The van der Waals surface area contributed by atoms with Crippen LogP contribution in [-0.4, -0.2) is 43.4 Å². The fourth-order valence-electron chi connectivity index (χ4n) is 4.65. The summed E-state index contributed by atoms with van der Waals surface area (Å²) in [5.41, 5.74) is 3.23. The van der Waals surface area contributed by atoms with E-state index < -0.39 is 23.8 Å². The summed E-state index contributed by atoms with van der Waals surface area (Å²) in [4.78, 5) is 13.2. The molecule has 0 bridgehead atoms. The molecule has 3 aromatic carbocycles. The molecule has 2 atom stereocenters. The highest BCUT2D eigenvalue weighted by Crippen LogP contribution is 2.45. The molecular weight excluding hydrogens is 486 g/mol. The van der Waals surface area contributed by atoms with Crippen LogP contribution in [0.25, 0.3) is 0 Å². The number of nitrogens with one attached hydrogen (secondary N) is 2. The minimum atomic E-state index is -1.03. The Morgan fingerprint density at radius 2 is 1.82 bits per heavy atom. The second-order valence-corrected chi connectivity index (χ2v) is 9.76. The number of benzene rings is 3. The number of carbonyl (C=O) groups is 1. The van der Waals surface area contributed by atoms with E-state index in [0.717, 1.165) is 35.6 Å². The maximum Gasteiger partial charge on any atom is 0.251 e. The minimum absolute atomic E-state index is 0.0478. The Morgan fingerprint density at radius 3 is 2.50 bits per heavy atom. The Morgan fingerprint density at radius 1 is 1.08 bits per heavy atom. The molecule has 1 saturated carbocycles. The molecule has 5 nitrogen and oxygen atoms in total. The molecule has 4 rings (SSSR count). The van der Waals surface area contributed by atoms with Gasteiger partial charge in [0.1, 0.15) is 11.6 Å². The van der Waals surface area contributed by atoms with E-state index >= 15 is 0 Å². The van der Waals surface area contributed by atoms with Crippen LogP contribution in [0.1, 0.15) is 45.5 Å². The van der Waals surface area contributed by atoms with E-state index in [9.17, 15) is 18.7 Å². The van der Waals surface area contributed by atoms with Crippen molar-refractivity contribution in [1.29, 1.82) is 0 Å². The van der Waals surface area contributed by atoms with Crippen LogP contribution >= 0.6 is 0 Å². The lowest BCUT2D eigenvalue weighted by atomic mass is 9.98. The maximum atomic E-state index is 13.9. The highest BCUT2D eigenvalue weighted by Gasteiger charge is 2.44. The number of halogens is 2. The molecule has 1 aliphatic rings. The summed E-state index contributed by atoms with van der Waals surface area (Å²) in [7, 11) is 1.61. The van der Waals surface area contributed by atoms with Crippen LogP contribution in [0.4, 0.5) is 8.78 Å². The van der Waals surface area contributed by atoms with Gasteiger partial charge in [0.2, 0.25) is 0 Å². The average Bonchev–Trinajstić information content (AvgIpc) is 3.71. The lowest BCUT2D eigenvalue weighted by molar-refractivity contribution is 0.0822. The third-order valence-corrected chi connectivity index (χ3v) is 6.92. The van der Waals surface area contributed by atoms with Gasteiger partial charge in [-0.05, 0) is 78.8 Å². The summed E-state index contributed by atoms with van der Waals surface area (Å²) in [6.45, 7) is 0.687. The topological polar surface area (TPSA) is 70.6 Å². The van der Waals surface area contributed by atoms with Gasteiger partial charge in [-0.15, -0.1) is 6.42 Å². The van der Waals surface area contributed by atoms with Crippen molar-refractivity contribution in [1.82, 2.24) is 10.6 Å². The molecule has 198 valence electrons. The second kappa shape index (κ2) is 12.3. The maximum absolute atomic E-state index is 13.9. The first-order valence-corrected chi connectivity index (χ1v) is 12.7. The standard InChI is InChI=1S/C31H32F2N2O3/c1-3-21-6-5-9-25(15-21)31(11-12-31)34-20-29(36)28(18-23-16-26(32)19-27(33)17-23)35-30(37)24-8-4-7-22(14-24)10-13-38-2/h1,4-9,14-17,19,28-29,34,36H,10-13,18,20H2,2H3,(H,35,37)/t28-,29+/m0/s1. The predicted octanol–water partition coefficient (Wildman–Crippen LogP) is 4.12. The molecule has 0 unspecified atom stereocenters. The normalized spacial score (nSPS) is 15.3. The number of ether oxygens (including phenoxy) is 1. The molecule has 0 spiro atoms. The van der Waals surface area contributed by atoms with Crippen LogP contribution in [0.5, 0.6) is 0 Å². The third kappa shape index (κ3) is 7.05. The van der Waals surface area contributed by atoms with Gasteiger partial charge in [0.15, 0.2) is 0 Å². The van der Waals surface area contributed by atoms with Gasteiger partial charge in [0, 0.05) is 36.4 Å². The summed E-state index contributed by atoms with van der Waals surface area (Å²) in [5.74, 6) is 0.837. The molecule has 0 aliphatic heterocycles. The first-order chi connectivity index (χ1) is 18.3. The van der Waals surface area contributed by atoms with Gasteiger partial charge < -0.3 is 20.5 Å². The van der Waals surface area contributed by atoms with E-state index in [1.165, 1.54) is 12.1 Å². The zero-order chi connectivity index (χ0) is 27.1. The summed E-state index contributed by atoms with van der Waals surface area (Å²) >= 11 is 0. The molecule has 1 fully saturated rings. The van der Waals surface area contributed by atoms with Gasteiger partial charge in [0.25, 0.3) is 5.91 Å². The molecule has 3 N–H and O–H groups in total. The van der Waals surface area contributed by atoms with Crippen molar-refractivity contribution in [3.63, 3.8) is 0 Å². The molecule has 0 radical (unpaired) electrons. The van der Waals surface area contributed by atoms with E-state index in [0.29, 0.717) is 24.2 Å². The van der Waals surface area contributed by atoms with E-state index in [-0.39, 0.29) is 24.4 Å². The quantitative estimate of drug-likeness (QED) is 0.316. The Kier molecular flexibility index (Phi) is 8.90. The van der Waals surface area contributed by atoms with Crippen molar-refractivity contribution < 1.29 is 23.4 Å². The number of hydrogen-bond donors (Lipinski definition) is 3. The number of methoxy groups -OCH3 is 1. The molecule has 0 saturated heterocycles. The van der Waals surface area contributed by atoms with Crippen LogP contribution in [0.2, 0.25) is 0 Å². The molecule has 3 aromatic rings. The van der Waals surface area contributed by atoms with Crippen molar-refractivity contribution in [3.8, 4) is 12.3 Å². The lowest BCUT2D eigenvalue weighted by Gasteiger charge is -2.27. The molecule has 1 aliphatic carbocycles. The highest BCUT2D eigenvalue weighted by molar-refractivity contribution is 5.94. The van der Waals surface area contributed by atoms with Crippen LogP contribution < -0.4 is 10.6 Å². The van der Waals surface area contributed by atoms with Crippen LogP contribution in [0, 0.1) is 24.0 Å². The lowest BCUT2D eigenvalue weighted by Crippen LogP contribution is -2.50. The molecule has 38 heavy (non-hydrogen) atoms. The van der Waals surface area contributed by atoms with Crippen molar-refractivity contribution >= 4 is 5.91 Å². The highest BCUT2D eigenvalue weighted by atomic mass is 19.1. The molecule has 0 heterocycles. The van der Waals surface area contributed by atoms with Gasteiger partial charge in [-0.1, -0.05) is 30.2 Å². The fraction of sp³-hybridized carbons (Fsp3) is 0.323. The largest absolute Gasteiger partial charge is 0.390 e. The predicted molar refractivity (Wildman–Crippen MR) is 143 cm³/mol. The third-order valence-electron chi connectivity index (χ3n) is 6.92. The van der Waals surface area contributed by atoms with E-state index in [4.69, 9.17) is 11.2 Å². The van der Waals surface area contributed by atoms with Gasteiger partial charge in [0.05, 0.1) is 18.8 Å². The number of rotatable bonds is 12. The van der Waals surface area contributed by atoms with Crippen molar-refractivity contribution in [3.05, 3.63) is 106 Å². The van der Waals surface area contributed by atoms with Gasteiger partial charge in [-0.25, -0.2) is 8.78 Å². The van der Waals surface area contributed by atoms with E-state index in [1.54, 1.807) is 25.3 Å². The summed E-state index contributed by atoms with van der Waals surface area (Å²) in [6, 6.07) is 17.3. The molecule has 0 aromatic heterocycles. The Hall–Kier alpha value is -3.57. The van der Waals surface area contributed by atoms with Gasteiger partial charge in [-0.3, -0.25) is 4.79 Å². The number of terminal acetylenes is 1. The first kappa shape index (κ1) is 27.5. The van der Waals surface area contributed by atoms with Crippen molar-refractivity contribution in [2.75, 3.05) is 20.3 Å².